The second-order valence-electron chi connectivity index (χ2n) is 9.56. The van der Waals surface area contributed by atoms with Crippen LogP contribution in [0, 0.1) is 0 Å². The van der Waals surface area contributed by atoms with Crippen molar-refractivity contribution in [2.75, 3.05) is 0 Å². The van der Waals surface area contributed by atoms with E-state index < -0.39 is 18.5 Å². The van der Waals surface area contributed by atoms with E-state index in [4.69, 9.17) is 0 Å². The summed E-state index contributed by atoms with van der Waals surface area (Å²) in [5.41, 5.74) is 2.10. The van der Waals surface area contributed by atoms with Gasteiger partial charge in [-0.25, -0.2) is 0 Å². The lowest BCUT2D eigenvalue weighted by Crippen LogP contribution is -2.31. The first-order chi connectivity index (χ1) is 11.4. The highest BCUT2D eigenvalue weighted by Gasteiger charge is 2.43. The molecule has 0 aliphatic rings. The Hall–Kier alpha value is -1.16. The number of hydrogen-bond acceptors (Lipinski definition) is 3. The van der Waals surface area contributed by atoms with Crippen molar-refractivity contribution in [3.63, 3.8) is 0 Å². The highest BCUT2D eigenvalue weighted by molar-refractivity contribution is 7.54. The van der Waals surface area contributed by atoms with Gasteiger partial charge in [0.05, 0.1) is 0 Å². The van der Waals surface area contributed by atoms with Gasteiger partial charge in [0.2, 0.25) is 0 Å². The molecule has 1 aromatic carbocycles. The summed E-state index contributed by atoms with van der Waals surface area (Å²) in [6.45, 7) is 14.8. The van der Waals surface area contributed by atoms with Crippen LogP contribution in [0.25, 0.3) is 0 Å². The molecule has 148 valence electrons. The highest BCUT2D eigenvalue weighted by atomic mass is 31.2. The lowest BCUT2D eigenvalue weighted by atomic mass is 9.78. The van der Waals surface area contributed by atoms with Crippen LogP contribution in [0.2, 0.25) is 0 Å². The van der Waals surface area contributed by atoms with E-state index in [0.717, 1.165) is 11.1 Å². The maximum Gasteiger partial charge on any atom is 0.338 e. The summed E-state index contributed by atoms with van der Waals surface area (Å²) in [6.07, 6.45) is 0.198. The first kappa shape index (κ1) is 22.9. The number of phenolic OH excluding ortho intramolecular Hbond substituents is 1. The zero-order valence-electron chi connectivity index (χ0n) is 17.2. The van der Waals surface area contributed by atoms with E-state index in [1.807, 2.05) is 32.9 Å². The van der Waals surface area contributed by atoms with E-state index in [1.165, 1.54) is 13.8 Å². The number of carbonyl (C=O) groups is 1. The maximum absolute atomic E-state index is 12.4. The normalized spacial score (nSPS) is 13.8. The number of aromatic hydroxyl groups is 1. The minimum Gasteiger partial charge on any atom is -0.507 e. The fraction of sp³-hybridized carbons (Fsp3) is 0.650. The van der Waals surface area contributed by atoms with Crippen LogP contribution in [-0.2, 0) is 26.6 Å². The number of aryl methyl sites for hydroxylation is 1. The average molecular weight is 384 g/mol. The summed E-state index contributed by atoms with van der Waals surface area (Å²) < 4.78 is 11.6. The molecule has 5 nitrogen and oxygen atoms in total. The molecule has 0 radical (unpaired) electrons. The van der Waals surface area contributed by atoms with E-state index >= 15 is 0 Å². The summed E-state index contributed by atoms with van der Waals surface area (Å²) in [5, 5.41) is 9.00. The van der Waals surface area contributed by atoms with Crippen LogP contribution in [0.4, 0.5) is 0 Å². The largest absolute Gasteiger partial charge is 0.507 e. The standard InChI is InChI=1S/C20H33O5P/c1-18(2,3)14-11-13(17(22)15(12-14)19(4,5)6)9-10-16(21)20(7,8)26(23,24)25/h11-12,22H,9-10H2,1-8H3,(H2,23,24,25). The third-order valence-electron chi connectivity index (χ3n) is 4.89. The first-order valence-electron chi connectivity index (χ1n) is 8.85. The van der Waals surface area contributed by atoms with E-state index in [9.17, 15) is 24.3 Å². The second-order valence-corrected chi connectivity index (χ2v) is 11.8. The minimum atomic E-state index is -4.54. The van der Waals surface area contributed by atoms with Crippen LogP contribution >= 0.6 is 7.60 Å². The Balaban J connectivity index is 3.29. The monoisotopic (exact) mass is 384 g/mol. The lowest BCUT2D eigenvalue weighted by molar-refractivity contribution is -0.121. The number of ketones is 1. The number of hydrogen-bond donors (Lipinski definition) is 3. The number of carbonyl (C=O) groups excluding carboxylic acids is 1. The summed E-state index contributed by atoms with van der Waals surface area (Å²) in [7, 11) is -4.54. The molecule has 3 N–H and O–H groups in total. The molecule has 0 bridgehead atoms. The molecular formula is C20H33O5P. The molecule has 0 aromatic heterocycles. The molecule has 6 heteroatoms. The van der Waals surface area contributed by atoms with E-state index in [0.29, 0.717) is 5.56 Å². The van der Waals surface area contributed by atoms with Gasteiger partial charge in [-0.2, -0.15) is 0 Å². The van der Waals surface area contributed by atoms with Gasteiger partial charge in [0.15, 0.2) is 5.78 Å². The fourth-order valence-electron chi connectivity index (χ4n) is 2.61. The van der Waals surface area contributed by atoms with Gasteiger partial charge in [-0.1, -0.05) is 53.7 Å². The lowest BCUT2D eigenvalue weighted by Gasteiger charge is -2.28. The molecule has 26 heavy (non-hydrogen) atoms. The number of benzene rings is 1. The molecule has 1 aromatic rings. The Kier molecular flexibility index (Phi) is 6.25. The second kappa shape index (κ2) is 7.10. The topological polar surface area (TPSA) is 94.8 Å². The number of Topliss-reactive ketones (excluding diaryl/α,β-unsaturated/α-hetero) is 1. The van der Waals surface area contributed by atoms with E-state index in [1.54, 1.807) is 0 Å². The maximum atomic E-state index is 12.4. The van der Waals surface area contributed by atoms with Crippen LogP contribution in [0.1, 0.15) is 78.5 Å². The third-order valence-corrected chi connectivity index (χ3v) is 6.60. The quantitative estimate of drug-likeness (QED) is 0.652. The molecular weight excluding hydrogens is 351 g/mol. The van der Waals surface area contributed by atoms with Crippen LogP contribution in [0.5, 0.6) is 5.75 Å². The number of rotatable bonds is 5. The summed E-state index contributed by atoms with van der Waals surface area (Å²) in [4.78, 5) is 31.2. The zero-order valence-corrected chi connectivity index (χ0v) is 18.1. The molecule has 0 heterocycles. The summed E-state index contributed by atoms with van der Waals surface area (Å²) >= 11 is 0. The highest BCUT2D eigenvalue weighted by Crippen LogP contribution is 2.51. The smallest absolute Gasteiger partial charge is 0.338 e. The Morgan fingerprint density at radius 3 is 1.85 bits per heavy atom. The van der Waals surface area contributed by atoms with Gasteiger partial charge in [0, 0.05) is 6.42 Å². The Bertz CT molecular complexity index is 730. The van der Waals surface area contributed by atoms with Crippen molar-refractivity contribution < 1.29 is 24.3 Å². The average Bonchev–Trinajstić information content (AvgIpc) is 2.41. The molecule has 0 aliphatic carbocycles. The van der Waals surface area contributed by atoms with Crippen molar-refractivity contribution in [2.24, 2.45) is 0 Å². The first-order valence-corrected chi connectivity index (χ1v) is 10.5. The minimum absolute atomic E-state index is 0.0388. The van der Waals surface area contributed by atoms with Gasteiger partial charge in [0.1, 0.15) is 10.9 Å². The molecule has 0 unspecified atom stereocenters. The molecule has 0 saturated carbocycles. The van der Waals surface area contributed by atoms with Gasteiger partial charge in [-0.15, -0.1) is 0 Å². The molecule has 0 spiro atoms. The van der Waals surface area contributed by atoms with Crippen LogP contribution in [0.15, 0.2) is 12.1 Å². The van der Waals surface area contributed by atoms with Crippen molar-refractivity contribution >= 4 is 13.4 Å². The van der Waals surface area contributed by atoms with Crippen molar-refractivity contribution in [1.82, 2.24) is 0 Å². The summed E-state index contributed by atoms with van der Waals surface area (Å²) in [5.74, 6) is -0.351. The van der Waals surface area contributed by atoms with Crippen molar-refractivity contribution in [3.8, 4) is 5.75 Å². The predicted octanol–water partition coefficient (Wildman–Crippen LogP) is 4.45. The van der Waals surface area contributed by atoms with Crippen molar-refractivity contribution in [3.05, 3.63) is 28.8 Å². The van der Waals surface area contributed by atoms with E-state index in [2.05, 4.69) is 20.8 Å². The molecule has 0 amide bonds. The van der Waals surface area contributed by atoms with Crippen LogP contribution in [-0.4, -0.2) is 25.8 Å². The van der Waals surface area contributed by atoms with Crippen LogP contribution in [0.3, 0.4) is 0 Å². The van der Waals surface area contributed by atoms with Gasteiger partial charge in [0.25, 0.3) is 0 Å². The predicted molar refractivity (Wildman–Crippen MR) is 105 cm³/mol. The fourth-order valence-corrected chi connectivity index (χ4v) is 3.04. The van der Waals surface area contributed by atoms with Gasteiger partial charge < -0.3 is 14.9 Å². The molecule has 0 atom stereocenters. The SMILES string of the molecule is CC(C)(C)c1cc(CCC(=O)C(C)(C)P(=O)(O)O)c(O)c(C(C)(C)C)c1. The zero-order chi connectivity index (χ0) is 20.7. The molecule has 1 rings (SSSR count). The van der Waals surface area contributed by atoms with Gasteiger partial charge in [-0.3, -0.25) is 9.36 Å². The third kappa shape index (κ3) is 4.97. The Morgan fingerprint density at radius 1 is 0.962 bits per heavy atom. The van der Waals surface area contributed by atoms with Crippen molar-refractivity contribution in [2.45, 2.75) is 84.2 Å². The van der Waals surface area contributed by atoms with Gasteiger partial charge >= 0.3 is 7.60 Å². The Labute approximate surface area is 157 Å². The molecule has 0 fully saturated rings. The summed E-state index contributed by atoms with van der Waals surface area (Å²) in [6, 6.07) is 3.89. The van der Waals surface area contributed by atoms with E-state index in [-0.39, 0.29) is 29.4 Å². The van der Waals surface area contributed by atoms with Crippen LogP contribution < -0.4 is 0 Å². The Morgan fingerprint density at radius 2 is 1.46 bits per heavy atom. The number of phenols is 1. The van der Waals surface area contributed by atoms with Gasteiger partial charge in [-0.05, 0) is 47.8 Å². The molecule has 0 aliphatic heterocycles. The molecule has 0 saturated heterocycles. The van der Waals surface area contributed by atoms with Crippen molar-refractivity contribution in [1.29, 1.82) is 0 Å².